The molecule has 1 aliphatic heterocycles. The normalized spacial score (nSPS) is 22.5. The van der Waals surface area contributed by atoms with Crippen LogP contribution in [0.25, 0.3) is 0 Å². The fourth-order valence-electron chi connectivity index (χ4n) is 8.19. The second kappa shape index (κ2) is 17.8. The van der Waals surface area contributed by atoms with Crippen molar-refractivity contribution < 1.29 is 38.3 Å². The maximum Gasteiger partial charge on any atom is 0.407 e. The summed E-state index contributed by atoms with van der Waals surface area (Å²) in [5.41, 5.74) is -0.214. The van der Waals surface area contributed by atoms with Crippen molar-refractivity contribution in [3.05, 3.63) is 35.9 Å². The first-order chi connectivity index (χ1) is 25.4. The molecule has 1 heterocycles. The fourth-order valence-corrected chi connectivity index (χ4v) is 8.19. The molecule has 14 nitrogen and oxygen atoms in total. The van der Waals surface area contributed by atoms with Crippen LogP contribution in [0.4, 0.5) is 4.79 Å². The number of ketones is 1. The number of carbonyl (C=O) groups excluding carboxylic acids is 7. The van der Waals surface area contributed by atoms with Gasteiger partial charge in [0.15, 0.2) is 0 Å². The molecule has 0 aromatic heterocycles. The van der Waals surface area contributed by atoms with Crippen molar-refractivity contribution in [2.45, 2.75) is 111 Å². The number of rotatable bonds is 16. The first-order valence-corrected chi connectivity index (χ1v) is 19.3. The molecule has 0 spiro atoms. The van der Waals surface area contributed by atoms with Gasteiger partial charge in [-0.3, -0.25) is 28.8 Å². The number of alkyl carbamates (subject to hydrolysis) is 1. The van der Waals surface area contributed by atoms with E-state index in [2.05, 4.69) is 21.3 Å². The van der Waals surface area contributed by atoms with Crippen LogP contribution in [-0.4, -0.2) is 103 Å². The maximum absolute atomic E-state index is 14.5. The SMILES string of the molecule is CCC[C@H](NC(=O)[C@@H]1C2[C@@H](CN1C(=O)[C@@H](NC(=O)OCC(C)C)C1(C)CCCCC1)C2(C)C)C(=O)C(=O)NCC(=O)N[C@H](C(=O)N(C)C)c1ccccc1. The average Bonchev–Trinajstić information content (AvgIpc) is 3.43. The van der Waals surface area contributed by atoms with E-state index in [1.54, 1.807) is 49.3 Å². The Labute approximate surface area is 319 Å². The molecule has 4 rings (SSSR count). The first-order valence-electron chi connectivity index (χ1n) is 19.3. The van der Waals surface area contributed by atoms with Crippen LogP contribution >= 0.6 is 0 Å². The number of amides is 6. The van der Waals surface area contributed by atoms with Gasteiger partial charge in [0.25, 0.3) is 5.91 Å². The molecule has 1 aromatic carbocycles. The van der Waals surface area contributed by atoms with Gasteiger partial charge in [0.2, 0.25) is 29.4 Å². The molecule has 6 amide bonds. The third-order valence-electron chi connectivity index (χ3n) is 11.5. The number of likely N-dealkylation sites (N-methyl/N-ethyl adjacent to an activating group) is 1. The minimum atomic E-state index is -1.20. The van der Waals surface area contributed by atoms with E-state index in [4.69, 9.17) is 4.74 Å². The monoisotopic (exact) mass is 752 g/mol. The van der Waals surface area contributed by atoms with Crippen molar-refractivity contribution in [2.75, 3.05) is 33.8 Å². The molecule has 0 radical (unpaired) electrons. The molecule has 1 saturated heterocycles. The highest BCUT2D eigenvalue weighted by atomic mass is 16.5. The van der Waals surface area contributed by atoms with Gasteiger partial charge in [-0.05, 0) is 53.4 Å². The molecule has 298 valence electrons. The van der Waals surface area contributed by atoms with Crippen molar-refractivity contribution in [1.82, 2.24) is 31.1 Å². The summed E-state index contributed by atoms with van der Waals surface area (Å²) in [6, 6.07) is 4.64. The fraction of sp³-hybridized carbons (Fsp3) is 0.675. The molecule has 2 saturated carbocycles. The summed E-state index contributed by atoms with van der Waals surface area (Å²) in [6.07, 6.45) is 4.27. The number of nitrogens with one attached hydrogen (secondary N) is 4. The summed E-state index contributed by atoms with van der Waals surface area (Å²) < 4.78 is 5.42. The van der Waals surface area contributed by atoms with Gasteiger partial charge in [-0.1, -0.05) is 97.6 Å². The maximum atomic E-state index is 14.5. The van der Waals surface area contributed by atoms with Crippen LogP contribution < -0.4 is 21.3 Å². The Bertz CT molecular complexity index is 1560. The van der Waals surface area contributed by atoms with Crippen LogP contribution in [-0.2, 0) is 33.5 Å². The molecule has 0 bridgehead atoms. The molecule has 14 heteroatoms. The summed E-state index contributed by atoms with van der Waals surface area (Å²) in [7, 11) is 3.13. The largest absolute Gasteiger partial charge is 0.449 e. The van der Waals surface area contributed by atoms with E-state index in [9.17, 15) is 33.6 Å². The van der Waals surface area contributed by atoms with E-state index in [-0.39, 0.29) is 48.0 Å². The third kappa shape index (κ3) is 9.78. The smallest absolute Gasteiger partial charge is 0.407 e. The van der Waals surface area contributed by atoms with Crippen molar-refractivity contribution in [3.63, 3.8) is 0 Å². The van der Waals surface area contributed by atoms with Crippen molar-refractivity contribution in [3.8, 4) is 0 Å². The van der Waals surface area contributed by atoms with Gasteiger partial charge in [0.05, 0.1) is 19.2 Å². The number of fused-ring (bicyclic) bond motifs is 1. The molecule has 54 heavy (non-hydrogen) atoms. The number of hydrogen-bond acceptors (Lipinski definition) is 8. The molecule has 2 aliphatic carbocycles. The summed E-state index contributed by atoms with van der Waals surface area (Å²) in [6.45, 7) is 11.7. The van der Waals surface area contributed by atoms with Crippen LogP contribution in [0.3, 0.4) is 0 Å². The zero-order valence-electron chi connectivity index (χ0n) is 33.2. The lowest BCUT2D eigenvalue weighted by Crippen LogP contribution is -2.61. The third-order valence-corrected chi connectivity index (χ3v) is 11.5. The number of hydrogen-bond donors (Lipinski definition) is 4. The van der Waals surface area contributed by atoms with Gasteiger partial charge in [-0.15, -0.1) is 0 Å². The van der Waals surface area contributed by atoms with Crippen molar-refractivity contribution in [2.24, 2.45) is 28.6 Å². The van der Waals surface area contributed by atoms with E-state index < -0.39 is 65.7 Å². The summed E-state index contributed by atoms with van der Waals surface area (Å²) >= 11 is 0. The highest BCUT2D eigenvalue weighted by molar-refractivity contribution is 6.38. The Hall–Kier alpha value is -4.49. The van der Waals surface area contributed by atoms with Crippen molar-refractivity contribution in [1.29, 1.82) is 0 Å². The Morgan fingerprint density at radius 3 is 2.17 bits per heavy atom. The van der Waals surface area contributed by atoms with Crippen LogP contribution in [0.1, 0.15) is 98.1 Å². The van der Waals surface area contributed by atoms with Crippen LogP contribution in [0, 0.1) is 28.6 Å². The van der Waals surface area contributed by atoms with E-state index in [1.165, 1.54) is 4.90 Å². The molecule has 1 unspecified atom stereocenters. The number of benzene rings is 1. The van der Waals surface area contributed by atoms with E-state index in [0.717, 1.165) is 32.1 Å². The molecule has 6 atom stereocenters. The lowest BCUT2D eigenvalue weighted by Gasteiger charge is -2.43. The quantitative estimate of drug-likeness (QED) is 0.186. The predicted octanol–water partition coefficient (Wildman–Crippen LogP) is 3.11. The van der Waals surface area contributed by atoms with E-state index >= 15 is 0 Å². The zero-order chi connectivity index (χ0) is 40.0. The van der Waals surface area contributed by atoms with E-state index in [1.807, 2.05) is 41.5 Å². The summed E-state index contributed by atoms with van der Waals surface area (Å²) in [4.78, 5) is 97.0. The number of piperidine rings is 1. The minimum absolute atomic E-state index is 0.0473. The number of ether oxygens (including phenoxy) is 1. The molecular weight excluding hydrogens is 692 g/mol. The molecule has 3 fully saturated rings. The van der Waals surface area contributed by atoms with Gasteiger partial charge in [-0.2, -0.15) is 0 Å². The zero-order valence-corrected chi connectivity index (χ0v) is 33.2. The van der Waals surface area contributed by atoms with Gasteiger partial charge in [-0.25, -0.2) is 4.79 Å². The van der Waals surface area contributed by atoms with Gasteiger partial charge in [0, 0.05) is 20.6 Å². The van der Waals surface area contributed by atoms with Gasteiger partial charge in [0.1, 0.15) is 18.1 Å². The van der Waals surface area contributed by atoms with Crippen LogP contribution in [0.2, 0.25) is 0 Å². The van der Waals surface area contributed by atoms with Crippen LogP contribution in [0.5, 0.6) is 0 Å². The minimum Gasteiger partial charge on any atom is -0.449 e. The molecular formula is C40H60N6O8. The molecule has 3 aliphatic rings. The Morgan fingerprint density at radius 1 is 0.926 bits per heavy atom. The number of Topliss-reactive ketones (excluding diaryl/α,β-unsaturated/α-hetero) is 1. The Kier molecular flexibility index (Phi) is 13.9. The Morgan fingerprint density at radius 2 is 1.57 bits per heavy atom. The van der Waals surface area contributed by atoms with Crippen LogP contribution in [0.15, 0.2) is 30.3 Å². The highest BCUT2D eigenvalue weighted by Crippen LogP contribution is 2.65. The summed E-state index contributed by atoms with van der Waals surface area (Å²) in [5.74, 6) is -3.94. The van der Waals surface area contributed by atoms with Crippen molar-refractivity contribution >= 4 is 41.4 Å². The standard InChI is InChI=1S/C40H60N6O8/c1-9-16-27(32(48)35(50)41-21-28(47)43-30(36(51)45(7)8)25-17-12-10-13-18-25)42-34(49)31-29-26(39(29,4)5)22-46(31)37(52)33(40(6)19-14-11-15-20-40)44-38(53)54-23-24(2)3/h10,12-13,17-18,24,26-27,29-31,33H,9,11,14-16,19-23H2,1-8H3,(H,41,50)(H,42,49)(H,43,47)(H,44,53)/t26-,27+,29?,30+,31+,33-/m1/s1. The van der Waals surface area contributed by atoms with E-state index in [0.29, 0.717) is 18.5 Å². The second-order valence-electron chi connectivity index (χ2n) is 16.7. The highest BCUT2D eigenvalue weighted by Gasteiger charge is 2.70. The lowest BCUT2D eigenvalue weighted by molar-refractivity contribution is -0.146. The summed E-state index contributed by atoms with van der Waals surface area (Å²) in [5, 5.41) is 10.6. The number of nitrogens with zero attached hydrogens (tertiary/aromatic N) is 2. The average molecular weight is 753 g/mol. The second-order valence-corrected chi connectivity index (χ2v) is 16.7. The number of carbonyl (C=O) groups is 7. The number of likely N-dealkylation sites (tertiary alicyclic amines) is 1. The van der Waals surface area contributed by atoms with Gasteiger partial charge < -0.3 is 35.8 Å². The topological polar surface area (TPSA) is 183 Å². The lowest BCUT2D eigenvalue weighted by atomic mass is 9.70. The molecule has 4 N–H and O–H groups in total. The predicted molar refractivity (Wildman–Crippen MR) is 201 cm³/mol. The molecule has 1 aromatic rings. The first kappa shape index (κ1) is 42.3. The Balaban J connectivity index is 1.47. The van der Waals surface area contributed by atoms with Gasteiger partial charge >= 0.3 is 6.09 Å².